The van der Waals surface area contributed by atoms with Crippen LogP contribution in [0.5, 0.6) is 5.88 Å². The fraction of sp³-hybridized carbons (Fsp3) is 0.571. The number of unbranched alkanes of at least 4 members (excludes halogenated alkanes) is 1. The molecule has 0 aliphatic rings. The van der Waals surface area contributed by atoms with Gasteiger partial charge in [-0.05, 0) is 12.8 Å². The Morgan fingerprint density at radius 2 is 2.33 bits per heavy atom. The lowest BCUT2D eigenvalue weighted by Gasteiger charge is -2.00. The zero-order valence-electron chi connectivity index (χ0n) is 6.59. The quantitative estimate of drug-likeness (QED) is 0.548. The molecule has 4 nitrogen and oxygen atoms in total. The van der Waals surface area contributed by atoms with Gasteiger partial charge in [0.05, 0.1) is 6.20 Å². The topological polar surface area (TPSA) is 58.0 Å². The van der Waals surface area contributed by atoms with Crippen molar-refractivity contribution in [3.8, 4) is 5.88 Å². The zero-order chi connectivity index (χ0) is 8.97. The monoisotopic (exact) mass is 190 g/mol. The first-order valence-electron chi connectivity index (χ1n) is 3.79. The summed E-state index contributed by atoms with van der Waals surface area (Å²) in [5.41, 5.74) is -0.276. The molecule has 0 aliphatic heterocycles. The summed E-state index contributed by atoms with van der Waals surface area (Å²) in [5.74, 6) is 0.564. The maximum absolute atomic E-state index is 10.9. The van der Waals surface area contributed by atoms with Gasteiger partial charge in [-0.3, -0.25) is 4.57 Å². The van der Waals surface area contributed by atoms with Crippen LogP contribution in [0, 0.1) is 0 Å². The van der Waals surface area contributed by atoms with Crippen molar-refractivity contribution >= 4 is 11.6 Å². The summed E-state index contributed by atoms with van der Waals surface area (Å²) < 4.78 is 1.28. The van der Waals surface area contributed by atoms with E-state index >= 15 is 0 Å². The van der Waals surface area contributed by atoms with E-state index in [1.54, 1.807) is 0 Å². The minimum atomic E-state index is -0.276. The molecular weight excluding hydrogens is 180 g/mol. The molecule has 0 aromatic carbocycles. The van der Waals surface area contributed by atoms with Gasteiger partial charge in [-0.2, -0.15) is 0 Å². The average molecular weight is 191 g/mol. The van der Waals surface area contributed by atoms with Crippen LogP contribution in [0.1, 0.15) is 12.8 Å². The molecule has 2 N–H and O–H groups in total. The number of H-pyrrole nitrogens is 1. The van der Waals surface area contributed by atoms with Crippen molar-refractivity contribution in [1.29, 1.82) is 0 Å². The number of aromatic amines is 1. The van der Waals surface area contributed by atoms with Crippen molar-refractivity contribution in [1.82, 2.24) is 9.55 Å². The van der Waals surface area contributed by atoms with Gasteiger partial charge < -0.3 is 10.1 Å². The summed E-state index contributed by atoms with van der Waals surface area (Å²) in [6.45, 7) is 0.515. The van der Waals surface area contributed by atoms with Crippen LogP contribution < -0.4 is 5.69 Å². The van der Waals surface area contributed by atoms with Crippen LogP contribution in [0.2, 0.25) is 0 Å². The van der Waals surface area contributed by atoms with Crippen molar-refractivity contribution in [2.45, 2.75) is 19.4 Å². The molecule has 1 aromatic rings. The highest BCUT2D eigenvalue weighted by molar-refractivity contribution is 6.17. The molecule has 0 unspecified atom stereocenters. The average Bonchev–Trinajstić information content (AvgIpc) is 2.35. The highest BCUT2D eigenvalue weighted by Gasteiger charge is 2.02. The van der Waals surface area contributed by atoms with E-state index in [9.17, 15) is 4.79 Å². The smallest absolute Gasteiger partial charge is 0.328 e. The van der Waals surface area contributed by atoms with Crippen LogP contribution in [0.3, 0.4) is 0 Å². The Hall–Kier alpha value is -0.900. The van der Waals surface area contributed by atoms with Gasteiger partial charge in [-0.25, -0.2) is 4.79 Å². The second-order valence-corrected chi connectivity index (χ2v) is 2.88. The molecule has 0 spiro atoms. The van der Waals surface area contributed by atoms with Gasteiger partial charge in [0.1, 0.15) is 0 Å². The second-order valence-electron chi connectivity index (χ2n) is 2.50. The number of imidazole rings is 1. The zero-order valence-corrected chi connectivity index (χ0v) is 7.34. The molecule has 0 saturated carbocycles. The van der Waals surface area contributed by atoms with Crippen molar-refractivity contribution in [3.05, 3.63) is 16.7 Å². The van der Waals surface area contributed by atoms with Crippen LogP contribution in [-0.2, 0) is 6.54 Å². The third-order valence-electron chi connectivity index (χ3n) is 1.61. The van der Waals surface area contributed by atoms with Gasteiger partial charge in [-0.1, -0.05) is 0 Å². The molecule has 68 valence electrons. The van der Waals surface area contributed by atoms with Crippen LogP contribution >= 0.6 is 11.6 Å². The Balaban J connectivity index is 2.56. The lowest BCUT2D eigenvalue weighted by molar-refractivity contribution is 0.409. The summed E-state index contributed by atoms with van der Waals surface area (Å²) in [6, 6.07) is 0. The fourth-order valence-corrected chi connectivity index (χ4v) is 1.16. The Morgan fingerprint density at radius 3 is 2.83 bits per heavy atom. The third kappa shape index (κ3) is 2.04. The number of aromatic nitrogens is 2. The molecule has 0 aliphatic carbocycles. The van der Waals surface area contributed by atoms with E-state index in [0.29, 0.717) is 12.4 Å². The van der Waals surface area contributed by atoms with Gasteiger partial charge in [0.15, 0.2) is 0 Å². The van der Waals surface area contributed by atoms with Crippen molar-refractivity contribution in [2.75, 3.05) is 5.88 Å². The molecule has 0 fully saturated rings. The number of aromatic hydroxyl groups is 1. The van der Waals surface area contributed by atoms with Crippen LogP contribution in [0.25, 0.3) is 0 Å². The van der Waals surface area contributed by atoms with Crippen molar-refractivity contribution < 1.29 is 5.11 Å². The molecule has 12 heavy (non-hydrogen) atoms. The van der Waals surface area contributed by atoms with Crippen LogP contribution in [0.4, 0.5) is 0 Å². The van der Waals surface area contributed by atoms with Crippen LogP contribution in [-0.4, -0.2) is 20.5 Å². The minimum Gasteiger partial charge on any atom is -0.493 e. The van der Waals surface area contributed by atoms with E-state index in [4.69, 9.17) is 16.7 Å². The largest absolute Gasteiger partial charge is 0.493 e. The first-order chi connectivity index (χ1) is 5.75. The molecular formula is C7H11ClN2O2. The predicted octanol–water partition coefficient (Wildman–Crippen LogP) is 0.901. The molecule has 1 aromatic heterocycles. The van der Waals surface area contributed by atoms with Crippen LogP contribution in [0.15, 0.2) is 11.0 Å². The van der Waals surface area contributed by atoms with E-state index in [1.807, 2.05) is 0 Å². The minimum absolute atomic E-state index is 0.0189. The van der Waals surface area contributed by atoms with E-state index in [-0.39, 0.29) is 11.6 Å². The van der Waals surface area contributed by atoms with Crippen molar-refractivity contribution in [3.63, 3.8) is 0 Å². The molecule has 0 atom stereocenters. The number of rotatable bonds is 4. The van der Waals surface area contributed by atoms with Gasteiger partial charge in [0.2, 0.25) is 5.88 Å². The standard InChI is InChI=1S/C7H11ClN2O2/c8-3-1-2-4-10-6(11)5-9-7(10)12/h5,11H,1-4H2,(H,9,12). The van der Waals surface area contributed by atoms with Gasteiger partial charge >= 0.3 is 5.69 Å². The molecule has 0 saturated heterocycles. The van der Waals surface area contributed by atoms with E-state index in [0.717, 1.165) is 12.8 Å². The maximum atomic E-state index is 10.9. The molecule has 5 heteroatoms. The van der Waals surface area contributed by atoms with E-state index in [2.05, 4.69) is 4.98 Å². The van der Waals surface area contributed by atoms with Gasteiger partial charge in [-0.15, -0.1) is 11.6 Å². The molecule has 1 heterocycles. The Bertz CT molecular complexity index is 292. The van der Waals surface area contributed by atoms with Crippen molar-refractivity contribution in [2.24, 2.45) is 0 Å². The van der Waals surface area contributed by atoms with E-state index in [1.165, 1.54) is 10.8 Å². The number of hydrogen-bond acceptors (Lipinski definition) is 2. The van der Waals surface area contributed by atoms with Gasteiger partial charge in [0.25, 0.3) is 0 Å². The highest BCUT2D eigenvalue weighted by atomic mass is 35.5. The highest BCUT2D eigenvalue weighted by Crippen LogP contribution is 2.04. The Labute approximate surface area is 74.8 Å². The van der Waals surface area contributed by atoms with E-state index < -0.39 is 0 Å². The third-order valence-corrected chi connectivity index (χ3v) is 1.88. The number of alkyl halides is 1. The van der Waals surface area contributed by atoms with Gasteiger partial charge in [0, 0.05) is 12.4 Å². The summed E-state index contributed by atoms with van der Waals surface area (Å²) >= 11 is 5.46. The molecule has 0 radical (unpaired) electrons. The molecule has 1 rings (SSSR count). The first kappa shape index (κ1) is 9.19. The lowest BCUT2D eigenvalue weighted by Crippen LogP contribution is -2.16. The first-order valence-corrected chi connectivity index (χ1v) is 4.32. The predicted molar refractivity (Wildman–Crippen MR) is 46.7 cm³/mol. The molecule has 0 amide bonds. The Kier molecular flexibility index (Phi) is 3.22. The second kappa shape index (κ2) is 4.21. The fourth-order valence-electron chi connectivity index (χ4n) is 0.967. The SMILES string of the molecule is O=c1[nH]cc(O)n1CCCCCl. The summed E-state index contributed by atoms with van der Waals surface area (Å²) in [4.78, 5) is 13.3. The summed E-state index contributed by atoms with van der Waals surface area (Å²) in [7, 11) is 0. The number of hydrogen-bond donors (Lipinski definition) is 2. The summed E-state index contributed by atoms with van der Waals surface area (Å²) in [5, 5.41) is 9.13. The molecule has 0 bridgehead atoms. The number of nitrogens with one attached hydrogen (secondary N) is 1. The number of nitrogens with zero attached hydrogens (tertiary/aromatic N) is 1. The number of halogens is 1. The lowest BCUT2D eigenvalue weighted by atomic mass is 10.3. The summed E-state index contributed by atoms with van der Waals surface area (Å²) in [6.07, 6.45) is 2.93. The normalized spacial score (nSPS) is 10.4. The maximum Gasteiger partial charge on any atom is 0.328 e. The Morgan fingerprint density at radius 1 is 1.58 bits per heavy atom.